The predicted molar refractivity (Wildman–Crippen MR) is 203 cm³/mol. The average molecular weight is 739 g/mol. The number of nitrogens with one attached hydrogen (secondary N) is 2. The monoisotopic (exact) mass is 738 g/mol. The molecule has 52 heavy (non-hydrogen) atoms. The van der Waals surface area contributed by atoms with E-state index in [9.17, 15) is 18.3 Å². The van der Waals surface area contributed by atoms with Crippen LogP contribution in [0.4, 0.5) is 5.69 Å². The number of aliphatic hydroxyl groups excluding tert-OH is 1. The minimum atomic E-state index is -4.01. The molecule has 1 fully saturated rings. The van der Waals surface area contributed by atoms with Gasteiger partial charge in [-0.15, -0.1) is 11.8 Å². The highest BCUT2D eigenvalue weighted by Gasteiger charge is 2.33. The molecule has 4 atom stereocenters. The van der Waals surface area contributed by atoms with Crippen molar-refractivity contribution in [3.8, 4) is 5.75 Å². The molecule has 1 aliphatic heterocycles. The number of aliphatic hydroxyl groups is 1. The number of hydrogen-bond donors (Lipinski definition) is 3. The lowest BCUT2D eigenvalue weighted by Gasteiger charge is -2.36. The van der Waals surface area contributed by atoms with Crippen LogP contribution in [0.25, 0.3) is 0 Å². The number of amides is 1. The third-order valence-electron chi connectivity index (χ3n) is 8.76. The van der Waals surface area contributed by atoms with Gasteiger partial charge in [-0.2, -0.15) is 4.72 Å². The molecule has 0 bridgehead atoms. The first-order valence-electron chi connectivity index (χ1n) is 17.0. The third-order valence-corrected chi connectivity index (χ3v) is 11.4. The van der Waals surface area contributed by atoms with Crippen LogP contribution < -0.4 is 14.8 Å². The molecule has 1 heterocycles. The standard InChI is InChI=1S/C41H42N2O7S2/c1-28-15-21-35(22-16-28)52(46,47)43-36(23-29-9-4-3-5-10-29)40(45)42-33-12-8-11-32(24-33)41-49-34(27-51-39-14-7-6-13-37(39)48-2)25-38(50-41)31-19-17-30(26-44)18-20-31/h3-22,24,34,36,38,41,43-44H,23,25-27H2,1-2H3,(H,42,45)/t34-,36-,38+,41+/m1/s1. The van der Waals surface area contributed by atoms with E-state index in [2.05, 4.69) is 10.0 Å². The van der Waals surface area contributed by atoms with Crippen LogP contribution in [0, 0.1) is 6.92 Å². The number of aryl methyl sites for hydroxylation is 1. The maximum Gasteiger partial charge on any atom is 0.242 e. The Balaban J connectivity index is 1.22. The molecule has 11 heteroatoms. The van der Waals surface area contributed by atoms with Crippen molar-refractivity contribution >= 4 is 33.4 Å². The summed E-state index contributed by atoms with van der Waals surface area (Å²) < 4.78 is 48.1. The van der Waals surface area contributed by atoms with Gasteiger partial charge in [0.15, 0.2) is 6.29 Å². The number of carbonyl (C=O) groups excluding carboxylic acids is 1. The number of thioether (sulfide) groups is 1. The van der Waals surface area contributed by atoms with E-state index in [1.165, 1.54) is 12.1 Å². The lowest BCUT2D eigenvalue weighted by Crippen LogP contribution is -2.45. The molecule has 1 saturated heterocycles. The number of para-hydroxylation sites is 1. The second kappa shape index (κ2) is 17.4. The highest BCUT2D eigenvalue weighted by Crippen LogP contribution is 2.41. The van der Waals surface area contributed by atoms with Crippen molar-refractivity contribution < 1.29 is 32.5 Å². The lowest BCUT2D eigenvalue weighted by molar-refractivity contribution is -0.245. The van der Waals surface area contributed by atoms with Gasteiger partial charge in [-0.3, -0.25) is 4.79 Å². The molecule has 270 valence electrons. The third kappa shape index (κ3) is 9.68. The molecule has 5 aromatic carbocycles. The number of ether oxygens (including phenoxy) is 3. The number of benzene rings is 5. The maximum absolute atomic E-state index is 13.8. The van der Waals surface area contributed by atoms with Gasteiger partial charge in [0.05, 0.1) is 30.8 Å². The van der Waals surface area contributed by atoms with E-state index < -0.39 is 28.3 Å². The summed E-state index contributed by atoms with van der Waals surface area (Å²) in [5.41, 5.74) is 4.67. The highest BCUT2D eigenvalue weighted by atomic mass is 32.2. The Morgan fingerprint density at radius 2 is 1.60 bits per heavy atom. The predicted octanol–water partition coefficient (Wildman–Crippen LogP) is 7.36. The fourth-order valence-electron chi connectivity index (χ4n) is 5.95. The average Bonchev–Trinajstić information content (AvgIpc) is 3.17. The van der Waals surface area contributed by atoms with Gasteiger partial charge < -0.3 is 24.6 Å². The molecular weight excluding hydrogens is 697 g/mol. The van der Waals surface area contributed by atoms with Crippen molar-refractivity contribution in [1.29, 1.82) is 0 Å². The van der Waals surface area contributed by atoms with Gasteiger partial charge in [0, 0.05) is 28.3 Å². The zero-order chi connectivity index (χ0) is 36.5. The van der Waals surface area contributed by atoms with Crippen molar-refractivity contribution in [2.45, 2.75) is 60.7 Å². The Labute approximate surface area is 309 Å². The first-order chi connectivity index (χ1) is 25.2. The molecule has 9 nitrogen and oxygen atoms in total. The Bertz CT molecular complexity index is 2040. The molecule has 0 aliphatic carbocycles. The van der Waals surface area contributed by atoms with E-state index in [-0.39, 0.29) is 30.1 Å². The minimum Gasteiger partial charge on any atom is -0.496 e. The number of rotatable bonds is 14. The van der Waals surface area contributed by atoms with Crippen LogP contribution in [0.1, 0.15) is 46.6 Å². The Morgan fingerprint density at radius 3 is 2.33 bits per heavy atom. The zero-order valence-corrected chi connectivity index (χ0v) is 30.6. The van der Waals surface area contributed by atoms with Gasteiger partial charge in [0.25, 0.3) is 0 Å². The van der Waals surface area contributed by atoms with E-state index in [0.29, 0.717) is 23.4 Å². The van der Waals surface area contributed by atoms with Crippen LogP contribution in [0.5, 0.6) is 5.75 Å². The fraction of sp³-hybridized carbons (Fsp3) is 0.244. The number of anilines is 1. The summed E-state index contributed by atoms with van der Waals surface area (Å²) in [6.07, 6.45) is -0.485. The first-order valence-corrected chi connectivity index (χ1v) is 19.5. The Morgan fingerprint density at radius 1 is 0.865 bits per heavy atom. The molecule has 0 spiro atoms. The molecule has 0 radical (unpaired) electrons. The zero-order valence-electron chi connectivity index (χ0n) is 29.0. The normalized spacial score (nSPS) is 18.0. The summed E-state index contributed by atoms with van der Waals surface area (Å²) in [4.78, 5) is 14.9. The van der Waals surface area contributed by atoms with E-state index in [4.69, 9.17) is 14.2 Å². The highest BCUT2D eigenvalue weighted by molar-refractivity contribution is 7.99. The topological polar surface area (TPSA) is 123 Å². The minimum absolute atomic E-state index is 0.0478. The largest absolute Gasteiger partial charge is 0.496 e. The quantitative estimate of drug-likeness (QED) is 0.101. The summed E-state index contributed by atoms with van der Waals surface area (Å²) >= 11 is 1.65. The van der Waals surface area contributed by atoms with Crippen molar-refractivity contribution in [2.75, 3.05) is 18.2 Å². The first kappa shape index (κ1) is 37.3. The molecule has 1 amide bonds. The van der Waals surface area contributed by atoms with Crippen LogP contribution in [0.3, 0.4) is 0 Å². The maximum atomic E-state index is 13.8. The van der Waals surface area contributed by atoms with Crippen molar-refractivity contribution in [3.05, 3.63) is 155 Å². The van der Waals surface area contributed by atoms with Crippen LogP contribution in [-0.4, -0.2) is 44.4 Å². The van der Waals surface area contributed by atoms with Gasteiger partial charge >= 0.3 is 0 Å². The molecule has 0 unspecified atom stereocenters. The molecule has 0 aromatic heterocycles. The van der Waals surface area contributed by atoms with Crippen LogP contribution in [0.2, 0.25) is 0 Å². The fourth-order valence-corrected chi connectivity index (χ4v) is 8.19. The Hall–Kier alpha value is -4.49. The molecule has 1 aliphatic rings. The number of hydrogen-bond acceptors (Lipinski definition) is 8. The number of carbonyl (C=O) groups is 1. The molecule has 5 aromatic rings. The van der Waals surface area contributed by atoms with Gasteiger partial charge in [-0.05, 0) is 66.4 Å². The van der Waals surface area contributed by atoms with E-state index >= 15 is 0 Å². The van der Waals surface area contributed by atoms with Gasteiger partial charge in [-0.25, -0.2) is 8.42 Å². The summed E-state index contributed by atoms with van der Waals surface area (Å²) in [6.45, 7) is 1.83. The summed E-state index contributed by atoms with van der Waals surface area (Å²) in [5.74, 6) is 0.932. The lowest BCUT2D eigenvalue weighted by atomic mass is 10.0. The van der Waals surface area contributed by atoms with Gasteiger partial charge in [0.2, 0.25) is 15.9 Å². The van der Waals surface area contributed by atoms with Gasteiger partial charge in [-0.1, -0.05) is 96.6 Å². The van der Waals surface area contributed by atoms with E-state index in [1.54, 1.807) is 49.2 Å². The number of methoxy groups -OCH3 is 1. The van der Waals surface area contributed by atoms with Crippen molar-refractivity contribution in [3.63, 3.8) is 0 Å². The summed E-state index contributed by atoms with van der Waals surface area (Å²) in [6, 6.07) is 37.5. The SMILES string of the molecule is COc1ccccc1SC[C@H]1C[C@@H](c2ccc(CO)cc2)O[C@@H](c2cccc(NC(=O)[C@@H](Cc3ccccc3)NS(=O)(=O)c3ccc(C)cc3)c2)O1. The second-order valence-electron chi connectivity index (χ2n) is 12.6. The van der Waals surface area contributed by atoms with E-state index in [1.807, 2.05) is 91.9 Å². The van der Waals surface area contributed by atoms with Gasteiger partial charge in [0.1, 0.15) is 11.8 Å². The molecule has 6 rings (SSSR count). The summed E-state index contributed by atoms with van der Waals surface area (Å²) in [7, 11) is -2.35. The smallest absolute Gasteiger partial charge is 0.242 e. The Kier molecular flexibility index (Phi) is 12.4. The molecular formula is C41H42N2O7S2. The van der Waals surface area contributed by atoms with E-state index in [0.717, 1.165) is 32.9 Å². The molecule has 0 saturated carbocycles. The van der Waals surface area contributed by atoms with Crippen molar-refractivity contribution in [2.24, 2.45) is 0 Å². The number of sulfonamides is 1. The molecule has 3 N–H and O–H groups in total. The second-order valence-corrected chi connectivity index (χ2v) is 15.4. The van der Waals surface area contributed by atoms with Crippen LogP contribution in [-0.2, 0) is 37.3 Å². The van der Waals surface area contributed by atoms with Crippen LogP contribution >= 0.6 is 11.8 Å². The summed E-state index contributed by atoms with van der Waals surface area (Å²) in [5, 5.41) is 12.5. The van der Waals surface area contributed by atoms with Crippen LogP contribution in [0.15, 0.2) is 137 Å². The van der Waals surface area contributed by atoms with Crippen molar-refractivity contribution in [1.82, 2.24) is 4.72 Å².